The highest BCUT2D eigenvalue weighted by atomic mass is 16.5. The van der Waals surface area contributed by atoms with Crippen molar-refractivity contribution in [1.29, 1.82) is 5.26 Å². The Balaban J connectivity index is 2.36. The van der Waals surface area contributed by atoms with Crippen LogP contribution in [0.25, 0.3) is 0 Å². The zero-order valence-electron chi connectivity index (χ0n) is 11.8. The average molecular weight is 295 g/mol. The van der Waals surface area contributed by atoms with Crippen LogP contribution in [0.5, 0.6) is 5.75 Å². The van der Waals surface area contributed by atoms with Crippen LogP contribution in [0.15, 0.2) is 52.6 Å². The van der Waals surface area contributed by atoms with Gasteiger partial charge in [0.05, 0.1) is 17.2 Å². The minimum Gasteiger partial charge on any atom is -0.440 e. The van der Waals surface area contributed by atoms with E-state index < -0.39 is 11.5 Å². The SMILES string of the molecule is Cc1cc2c(c(=O)n1O)[C@@H](c1ccccc1)C(C#N)=C(N)O2. The number of aryl methyl sites for hydroxylation is 1. The topological polar surface area (TPSA) is 101 Å². The molecule has 0 saturated heterocycles. The molecule has 3 rings (SSSR count). The maximum atomic E-state index is 12.4. The number of nitrogens with zero attached hydrogens (tertiary/aromatic N) is 2. The second kappa shape index (κ2) is 4.97. The monoisotopic (exact) mass is 295 g/mol. The average Bonchev–Trinajstić information content (AvgIpc) is 2.52. The number of nitrogens with two attached hydrogens (primary N) is 1. The predicted molar refractivity (Wildman–Crippen MR) is 78.4 cm³/mol. The van der Waals surface area contributed by atoms with E-state index in [4.69, 9.17) is 10.5 Å². The van der Waals surface area contributed by atoms with Gasteiger partial charge in [-0.1, -0.05) is 30.3 Å². The second-order valence-electron chi connectivity index (χ2n) is 5.02. The van der Waals surface area contributed by atoms with Gasteiger partial charge < -0.3 is 15.7 Å². The maximum absolute atomic E-state index is 12.4. The Labute approximate surface area is 126 Å². The molecule has 6 nitrogen and oxygen atoms in total. The van der Waals surface area contributed by atoms with Gasteiger partial charge in [0, 0.05) is 6.07 Å². The number of hydrogen-bond donors (Lipinski definition) is 2. The summed E-state index contributed by atoms with van der Waals surface area (Å²) in [6.45, 7) is 1.57. The van der Waals surface area contributed by atoms with Crippen molar-refractivity contribution in [2.45, 2.75) is 12.8 Å². The number of benzene rings is 1. The van der Waals surface area contributed by atoms with Crippen molar-refractivity contribution in [3.05, 3.63) is 75.0 Å². The molecule has 22 heavy (non-hydrogen) atoms. The summed E-state index contributed by atoms with van der Waals surface area (Å²) in [5.74, 6) is -0.432. The predicted octanol–water partition coefficient (Wildman–Crippen LogP) is 1.61. The normalized spacial score (nSPS) is 16.6. The number of fused-ring (bicyclic) bond motifs is 1. The molecule has 1 atom stereocenters. The third kappa shape index (κ3) is 1.91. The van der Waals surface area contributed by atoms with E-state index in [-0.39, 0.29) is 22.8 Å². The molecule has 1 aliphatic heterocycles. The summed E-state index contributed by atoms with van der Waals surface area (Å²) in [6.07, 6.45) is 0. The van der Waals surface area contributed by atoms with Gasteiger partial charge in [-0.3, -0.25) is 4.79 Å². The molecule has 0 saturated carbocycles. The summed E-state index contributed by atoms with van der Waals surface area (Å²) in [7, 11) is 0. The molecule has 110 valence electrons. The van der Waals surface area contributed by atoms with Crippen LogP contribution < -0.4 is 16.0 Å². The van der Waals surface area contributed by atoms with Crippen LogP contribution in [0.1, 0.15) is 22.7 Å². The van der Waals surface area contributed by atoms with Crippen molar-refractivity contribution in [3.63, 3.8) is 0 Å². The maximum Gasteiger partial charge on any atom is 0.291 e. The summed E-state index contributed by atoms with van der Waals surface area (Å²) in [4.78, 5) is 12.4. The molecule has 1 aromatic heterocycles. The smallest absolute Gasteiger partial charge is 0.291 e. The molecule has 0 fully saturated rings. The Morgan fingerprint density at radius 1 is 1.36 bits per heavy atom. The van der Waals surface area contributed by atoms with E-state index in [1.807, 2.05) is 12.1 Å². The molecular weight excluding hydrogens is 282 g/mol. The van der Waals surface area contributed by atoms with Crippen LogP contribution in [0, 0.1) is 18.3 Å². The highest BCUT2D eigenvalue weighted by Crippen LogP contribution is 2.40. The quantitative estimate of drug-likeness (QED) is 0.778. The van der Waals surface area contributed by atoms with Crippen LogP contribution in [0.3, 0.4) is 0 Å². The molecule has 1 aromatic carbocycles. The van der Waals surface area contributed by atoms with Crippen LogP contribution in [0.4, 0.5) is 0 Å². The first-order valence-corrected chi connectivity index (χ1v) is 6.63. The van der Waals surface area contributed by atoms with Gasteiger partial charge in [0.2, 0.25) is 5.88 Å². The summed E-state index contributed by atoms with van der Waals surface area (Å²) in [5.41, 5.74) is 6.62. The lowest BCUT2D eigenvalue weighted by molar-refractivity contribution is 0.165. The summed E-state index contributed by atoms with van der Waals surface area (Å²) < 4.78 is 5.96. The second-order valence-corrected chi connectivity index (χ2v) is 5.02. The van der Waals surface area contributed by atoms with Crippen molar-refractivity contribution in [2.75, 3.05) is 0 Å². The lowest BCUT2D eigenvalue weighted by atomic mass is 9.84. The first-order valence-electron chi connectivity index (χ1n) is 6.63. The number of rotatable bonds is 1. The van der Waals surface area contributed by atoms with Gasteiger partial charge in [-0.15, -0.1) is 0 Å². The van der Waals surface area contributed by atoms with Gasteiger partial charge in [-0.25, -0.2) is 0 Å². The minimum absolute atomic E-state index is 0.0293. The van der Waals surface area contributed by atoms with E-state index in [0.29, 0.717) is 10.4 Å². The first-order chi connectivity index (χ1) is 10.5. The third-order valence-corrected chi connectivity index (χ3v) is 3.68. The molecule has 6 heteroatoms. The van der Waals surface area contributed by atoms with E-state index in [0.717, 1.165) is 5.56 Å². The van der Waals surface area contributed by atoms with E-state index in [1.165, 1.54) is 6.07 Å². The van der Waals surface area contributed by atoms with E-state index in [1.54, 1.807) is 31.2 Å². The van der Waals surface area contributed by atoms with Crippen molar-refractivity contribution in [2.24, 2.45) is 5.73 Å². The number of ether oxygens (including phenoxy) is 1. The van der Waals surface area contributed by atoms with E-state index >= 15 is 0 Å². The highest BCUT2D eigenvalue weighted by Gasteiger charge is 2.34. The van der Waals surface area contributed by atoms with Crippen LogP contribution in [0.2, 0.25) is 0 Å². The Morgan fingerprint density at radius 3 is 2.68 bits per heavy atom. The summed E-state index contributed by atoms with van der Waals surface area (Å²) in [5, 5.41) is 19.3. The van der Waals surface area contributed by atoms with Gasteiger partial charge in [-0.05, 0) is 12.5 Å². The lowest BCUT2D eigenvalue weighted by Gasteiger charge is -2.26. The number of hydrogen-bond acceptors (Lipinski definition) is 5. The van der Waals surface area contributed by atoms with E-state index in [2.05, 4.69) is 0 Å². The lowest BCUT2D eigenvalue weighted by Crippen LogP contribution is -2.31. The minimum atomic E-state index is -0.665. The van der Waals surface area contributed by atoms with Crippen LogP contribution in [-0.4, -0.2) is 9.94 Å². The Morgan fingerprint density at radius 2 is 2.05 bits per heavy atom. The first kappa shape index (κ1) is 13.8. The molecular formula is C16H13N3O3. The third-order valence-electron chi connectivity index (χ3n) is 3.68. The molecule has 2 heterocycles. The van der Waals surface area contributed by atoms with Crippen molar-refractivity contribution in [3.8, 4) is 11.8 Å². The van der Waals surface area contributed by atoms with Gasteiger partial charge in [-0.2, -0.15) is 9.99 Å². The van der Waals surface area contributed by atoms with Gasteiger partial charge in [0.25, 0.3) is 5.56 Å². The van der Waals surface area contributed by atoms with E-state index in [9.17, 15) is 15.3 Å². The molecule has 0 bridgehead atoms. The van der Waals surface area contributed by atoms with Crippen LogP contribution in [-0.2, 0) is 0 Å². The van der Waals surface area contributed by atoms with Crippen molar-refractivity contribution >= 4 is 0 Å². The number of nitriles is 1. The highest BCUT2D eigenvalue weighted by molar-refractivity contribution is 5.55. The molecule has 0 aliphatic carbocycles. The molecule has 0 spiro atoms. The van der Waals surface area contributed by atoms with Gasteiger partial charge >= 0.3 is 0 Å². The largest absolute Gasteiger partial charge is 0.440 e. The zero-order valence-corrected chi connectivity index (χ0v) is 11.8. The van der Waals surface area contributed by atoms with Crippen LogP contribution >= 0.6 is 0 Å². The van der Waals surface area contributed by atoms with Crippen molar-refractivity contribution < 1.29 is 9.94 Å². The molecule has 2 aromatic rings. The number of pyridine rings is 1. The zero-order chi connectivity index (χ0) is 15.9. The number of aromatic nitrogens is 1. The van der Waals surface area contributed by atoms with Gasteiger partial charge in [0.1, 0.15) is 17.4 Å². The molecule has 3 N–H and O–H groups in total. The molecule has 0 radical (unpaired) electrons. The number of allylic oxidation sites excluding steroid dienone is 1. The Kier molecular flexibility index (Phi) is 3.11. The summed E-state index contributed by atoms with van der Waals surface area (Å²) >= 11 is 0. The van der Waals surface area contributed by atoms with Gasteiger partial charge in [0.15, 0.2) is 0 Å². The standard InChI is InChI=1S/C16H13N3O3/c1-9-7-12-14(16(20)19(9)21)13(10-5-3-2-4-6-10)11(8-17)15(18)22-12/h2-7,13,21H,18H2,1H3/t13-/m0/s1. The Hall–Kier alpha value is -3.20. The fourth-order valence-electron chi connectivity index (χ4n) is 2.62. The molecule has 0 amide bonds. The fourth-order valence-corrected chi connectivity index (χ4v) is 2.62. The van der Waals surface area contributed by atoms with Crippen molar-refractivity contribution in [1.82, 2.24) is 4.73 Å². The summed E-state index contributed by atoms with van der Waals surface area (Å²) in [6, 6.07) is 12.6. The molecule has 0 unspecified atom stereocenters. The Bertz CT molecular complexity index is 876. The fraction of sp³-hybridized carbons (Fsp3) is 0.125. The molecule has 1 aliphatic rings.